The molecule has 250 valence electrons. The topological polar surface area (TPSA) is 91.3 Å². The zero-order chi connectivity index (χ0) is 32.5. The molecular weight excluding hydrogens is 556 g/mol. The fraction of sp³-hybridized carbons (Fsp3) is 0.946. The lowest BCUT2D eigenvalue weighted by Crippen LogP contribution is -2.62. The third-order valence-electron chi connectivity index (χ3n) is 14.9. The number of ether oxygens (including phenoxy) is 4. The summed E-state index contributed by atoms with van der Waals surface area (Å²) >= 11 is 0. The number of aliphatic hydroxyl groups excluding tert-OH is 1. The van der Waals surface area contributed by atoms with Gasteiger partial charge >= 0.3 is 11.9 Å². The Morgan fingerprint density at radius 3 is 2.11 bits per heavy atom. The van der Waals surface area contributed by atoms with Gasteiger partial charge in [-0.05, 0) is 124 Å². The van der Waals surface area contributed by atoms with Gasteiger partial charge in [0.25, 0.3) is 0 Å². The second kappa shape index (κ2) is 9.92. The molecule has 0 radical (unpaired) electrons. The van der Waals surface area contributed by atoms with Crippen LogP contribution in [0.4, 0.5) is 0 Å². The summed E-state index contributed by atoms with van der Waals surface area (Å²) in [5.41, 5.74) is -0.450. The van der Waals surface area contributed by atoms with Gasteiger partial charge < -0.3 is 24.1 Å². The highest BCUT2D eigenvalue weighted by atomic mass is 16.8. The number of rotatable bonds is 6. The number of fused-ring (bicyclic) bond motifs is 2. The highest BCUT2D eigenvalue weighted by Gasteiger charge is 2.85. The molecule has 7 nitrogen and oxygen atoms in total. The normalized spacial score (nSPS) is 50.0. The van der Waals surface area contributed by atoms with E-state index in [0.29, 0.717) is 11.8 Å². The summed E-state index contributed by atoms with van der Waals surface area (Å²) < 4.78 is 25.1. The fourth-order valence-electron chi connectivity index (χ4n) is 13.3. The lowest BCUT2D eigenvalue weighted by molar-refractivity contribution is -0.210. The van der Waals surface area contributed by atoms with Crippen molar-refractivity contribution in [3.8, 4) is 0 Å². The standard InChI is InChI=1S/C37H60O7/c1-21(12-13-28-32(6,7)44-33(8,9)43-28)29-25(42-23(3)39)19-35(11)26-18-24(41-22(2)38)30-31(4,5)27(40)14-15-37(30)20-36(26,37)17-16-34(29,35)10/h21,24-30,40H,12-20H2,1-11H3/t21-,24+,25+,26+,27+,28-,29+,30+,34-,35+,36+,37-/m1/s1. The molecule has 7 heteroatoms. The predicted molar refractivity (Wildman–Crippen MR) is 167 cm³/mol. The summed E-state index contributed by atoms with van der Waals surface area (Å²) in [7, 11) is 0. The first-order valence-corrected chi connectivity index (χ1v) is 17.6. The number of hydrogen-bond donors (Lipinski definition) is 1. The molecule has 1 saturated heterocycles. The molecule has 0 aromatic heterocycles. The van der Waals surface area contributed by atoms with E-state index in [2.05, 4.69) is 48.5 Å². The smallest absolute Gasteiger partial charge is 0.302 e. The molecule has 1 aliphatic heterocycles. The molecule has 12 atom stereocenters. The average Bonchev–Trinajstić information content (AvgIpc) is 3.38. The molecule has 6 fully saturated rings. The Bertz CT molecular complexity index is 1190. The van der Waals surface area contributed by atoms with Crippen molar-refractivity contribution in [2.75, 3.05) is 0 Å². The second-order valence-electron chi connectivity index (χ2n) is 18.3. The van der Waals surface area contributed by atoms with Gasteiger partial charge in [0.2, 0.25) is 0 Å². The van der Waals surface area contributed by atoms with Crippen molar-refractivity contribution in [2.45, 2.75) is 170 Å². The van der Waals surface area contributed by atoms with E-state index in [1.807, 2.05) is 13.8 Å². The van der Waals surface area contributed by atoms with Gasteiger partial charge in [0, 0.05) is 25.7 Å². The summed E-state index contributed by atoms with van der Waals surface area (Å²) in [6, 6.07) is 0. The number of carbonyl (C=O) groups is 2. The monoisotopic (exact) mass is 616 g/mol. The second-order valence-corrected chi connectivity index (χ2v) is 18.3. The summed E-state index contributed by atoms with van der Waals surface area (Å²) in [5.74, 6) is 0.0928. The molecule has 44 heavy (non-hydrogen) atoms. The van der Waals surface area contributed by atoms with Crippen LogP contribution in [0.2, 0.25) is 0 Å². The van der Waals surface area contributed by atoms with Crippen molar-refractivity contribution in [2.24, 2.45) is 50.7 Å². The average molecular weight is 617 g/mol. The van der Waals surface area contributed by atoms with E-state index >= 15 is 0 Å². The molecule has 0 amide bonds. The van der Waals surface area contributed by atoms with Gasteiger partial charge in [0.15, 0.2) is 5.79 Å². The minimum absolute atomic E-state index is 0.0124. The van der Waals surface area contributed by atoms with Crippen LogP contribution >= 0.6 is 0 Å². The van der Waals surface area contributed by atoms with Gasteiger partial charge in [0.05, 0.1) is 17.8 Å². The summed E-state index contributed by atoms with van der Waals surface area (Å²) in [5, 5.41) is 11.2. The van der Waals surface area contributed by atoms with Gasteiger partial charge in [0.1, 0.15) is 12.2 Å². The lowest BCUT2D eigenvalue weighted by Gasteiger charge is -2.64. The van der Waals surface area contributed by atoms with E-state index in [1.165, 1.54) is 6.92 Å². The van der Waals surface area contributed by atoms with E-state index in [-0.39, 0.29) is 80.9 Å². The van der Waals surface area contributed by atoms with Crippen LogP contribution in [0.3, 0.4) is 0 Å². The van der Waals surface area contributed by atoms with Gasteiger partial charge in [-0.15, -0.1) is 0 Å². The van der Waals surface area contributed by atoms with Crippen molar-refractivity contribution in [1.29, 1.82) is 0 Å². The maximum atomic E-state index is 12.6. The Kier molecular flexibility index (Phi) is 7.38. The van der Waals surface area contributed by atoms with E-state index in [9.17, 15) is 14.7 Å². The Hall–Kier alpha value is -1.18. The molecule has 6 aliphatic rings. The SMILES string of the molecule is CC(=O)O[C@H]1C[C@@]2(C)[C@@H]3C[C@H](OC(C)=O)[C@H]4C(C)(C)[C@@H](O)CC[C@@]45C[C@@]35CC[C@]2(C)[C@H]1[C@H](C)CC[C@H]1OC(C)(C)OC1(C)C. The molecule has 5 saturated carbocycles. The molecule has 0 aromatic rings. The third-order valence-corrected chi connectivity index (χ3v) is 14.9. The third kappa shape index (κ3) is 4.43. The van der Waals surface area contributed by atoms with Crippen molar-refractivity contribution in [3.05, 3.63) is 0 Å². The first-order chi connectivity index (χ1) is 20.2. The molecular formula is C37H60O7. The first kappa shape index (κ1) is 32.7. The van der Waals surface area contributed by atoms with Crippen LogP contribution in [0, 0.1) is 50.7 Å². The number of aliphatic hydroxyl groups is 1. The molecule has 6 rings (SSSR count). The summed E-state index contributed by atoms with van der Waals surface area (Å²) in [6.45, 7) is 23.1. The molecule has 0 aromatic carbocycles. The molecule has 0 bridgehead atoms. The summed E-state index contributed by atoms with van der Waals surface area (Å²) in [4.78, 5) is 25.1. The molecule has 5 aliphatic carbocycles. The Morgan fingerprint density at radius 1 is 0.886 bits per heavy atom. The van der Waals surface area contributed by atoms with Crippen LogP contribution in [0.25, 0.3) is 0 Å². The van der Waals surface area contributed by atoms with Crippen LogP contribution in [-0.4, -0.2) is 52.8 Å². The zero-order valence-corrected chi connectivity index (χ0v) is 29.4. The fourth-order valence-corrected chi connectivity index (χ4v) is 13.3. The van der Waals surface area contributed by atoms with Gasteiger partial charge in [-0.1, -0.05) is 34.6 Å². The first-order valence-electron chi connectivity index (χ1n) is 17.6. The minimum atomic E-state index is -0.589. The predicted octanol–water partition coefficient (Wildman–Crippen LogP) is 7.22. The van der Waals surface area contributed by atoms with Crippen molar-refractivity contribution >= 4 is 11.9 Å². The minimum Gasteiger partial charge on any atom is -0.462 e. The maximum Gasteiger partial charge on any atom is 0.302 e. The van der Waals surface area contributed by atoms with Crippen LogP contribution in [-0.2, 0) is 28.5 Å². The Balaban J connectivity index is 1.33. The Labute approximate surface area is 265 Å². The van der Waals surface area contributed by atoms with Gasteiger partial charge in [-0.3, -0.25) is 9.59 Å². The number of hydrogen-bond acceptors (Lipinski definition) is 7. The quantitative estimate of drug-likeness (QED) is 0.315. The van der Waals surface area contributed by atoms with Crippen molar-refractivity contribution < 1.29 is 33.6 Å². The number of esters is 2. The van der Waals surface area contributed by atoms with Crippen molar-refractivity contribution in [1.82, 2.24) is 0 Å². The van der Waals surface area contributed by atoms with Gasteiger partial charge in [-0.25, -0.2) is 0 Å². The summed E-state index contributed by atoms with van der Waals surface area (Å²) in [6.07, 6.45) is 8.11. The van der Waals surface area contributed by atoms with Crippen LogP contribution in [0.1, 0.15) is 134 Å². The van der Waals surface area contributed by atoms with E-state index in [0.717, 1.165) is 57.8 Å². The van der Waals surface area contributed by atoms with Crippen molar-refractivity contribution in [3.63, 3.8) is 0 Å². The van der Waals surface area contributed by atoms with Crippen LogP contribution in [0.5, 0.6) is 0 Å². The zero-order valence-electron chi connectivity index (χ0n) is 29.4. The van der Waals surface area contributed by atoms with E-state index in [4.69, 9.17) is 18.9 Å². The highest BCUT2D eigenvalue weighted by molar-refractivity contribution is 5.66. The highest BCUT2D eigenvalue weighted by Crippen LogP contribution is 2.89. The van der Waals surface area contributed by atoms with Gasteiger partial charge in [-0.2, -0.15) is 0 Å². The lowest BCUT2D eigenvalue weighted by atomic mass is 9.41. The molecule has 1 N–H and O–H groups in total. The van der Waals surface area contributed by atoms with E-state index in [1.54, 1.807) is 6.92 Å². The molecule has 1 heterocycles. The van der Waals surface area contributed by atoms with Crippen LogP contribution in [0.15, 0.2) is 0 Å². The number of carbonyl (C=O) groups excluding carboxylic acids is 2. The molecule has 2 spiro atoms. The molecule has 0 unspecified atom stereocenters. The largest absolute Gasteiger partial charge is 0.462 e. The Morgan fingerprint density at radius 2 is 1.52 bits per heavy atom. The maximum absolute atomic E-state index is 12.6. The van der Waals surface area contributed by atoms with E-state index < -0.39 is 5.79 Å². The van der Waals surface area contributed by atoms with Crippen LogP contribution < -0.4 is 0 Å².